The fourth-order valence-corrected chi connectivity index (χ4v) is 4.37. The third-order valence-corrected chi connectivity index (χ3v) is 5.92. The highest BCUT2D eigenvalue weighted by Gasteiger charge is 2.40. The molecule has 2 heterocycles. The summed E-state index contributed by atoms with van der Waals surface area (Å²) < 4.78 is 10.9. The van der Waals surface area contributed by atoms with Gasteiger partial charge in [0.25, 0.3) is 5.91 Å². The number of anilines is 2. The van der Waals surface area contributed by atoms with Crippen molar-refractivity contribution in [2.24, 2.45) is 5.92 Å². The van der Waals surface area contributed by atoms with Gasteiger partial charge < -0.3 is 19.3 Å². The van der Waals surface area contributed by atoms with Gasteiger partial charge in [0, 0.05) is 24.7 Å². The predicted molar refractivity (Wildman–Crippen MR) is 116 cm³/mol. The van der Waals surface area contributed by atoms with Crippen molar-refractivity contribution in [3.8, 4) is 5.75 Å². The van der Waals surface area contributed by atoms with Gasteiger partial charge >= 0.3 is 5.97 Å². The van der Waals surface area contributed by atoms with Crippen LogP contribution in [0.5, 0.6) is 5.75 Å². The number of ether oxygens (including phenoxy) is 2. The number of carbonyl (C=O) groups is 3. The fourth-order valence-electron chi connectivity index (χ4n) is 4.37. The molecule has 162 valence electrons. The van der Waals surface area contributed by atoms with Gasteiger partial charge in [0.05, 0.1) is 18.7 Å². The van der Waals surface area contributed by atoms with Crippen molar-refractivity contribution in [3.05, 3.63) is 54.1 Å². The summed E-state index contributed by atoms with van der Waals surface area (Å²) in [5.41, 5.74) is 2.59. The summed E-state index contributed by atoms with van der Waals surface area (Å²) in [5, 5.41) is 0. The topological polar surface area (TPSA) is 76.2 Å². The van der Waals surface area contributed by atoms with Crippen LogP contribution in [0.4, 0.5) is 11.4 Å². The Morgan fingerprint density at radius 1 is 1.03 bits per heavy atom. The van der Waals surface area contributed by atoms with Gasteiger partial charge in [0.1, 0.15) is 5.75 Å². The van der Waals surface area contributed by atoms with Gasteiger partial charge in [-0.25, -0.2) is 0 Å². The molecule has 4 rings (SSSR count). The quantitative estimate of drug-likeness (QED) is 0.693. The number of methoxy groups -OCH3 is 1. The number of fused-ring (bicyclic) bond motifs is 1. The van der Waals surface area contributed by atoms with E-state index in [0.29, 0.717) is 11.4 Å². The van der Waals surface area contributed by atoms with Crippen LogP contribution in [-0.4, -0.2) is 43.6 Å². The molecule has 0 aliphatic carbocycles. The smallest absolute Gasteiger partial charge is 0.312 e. The van der Waals surface area contributed by atoms with Gasteiger partial charge in [-0.2, -0.15) is 0 Å². The molecule has 31 heavy (non-hydrogen) atoms. The van der Waals surface area contributed by atoms with Crippen LogP contribution in [0.25, 0.3) is 0 Å². The van der Waals surface area contributed by atoms with Crippen LogP contribution in [0.2, 0.25) is 0 Å². The van der Waals surface area contributed by atoms with E-state index in [0.717, 1.165) is 17.7 Å². The van der Waals surface area contributed by atoms with Crippen LogP contribution in [0.15, 0.2) is 48.5 Å². The second kappa shape index (κ2) is 8.41. The summed E-state index contributed by atoms with van der Waals surface area (Å²) in [6.45, 7) is 3.76. The number of benzene rings is 2. The van der Waals surface area contributed by atoms with Crippen molar-refractivity contribution in [2.75, 3.05) is 23.5 Å². The van der Waals surface area contributed by atoms with E-state index < -0.39 is 18.0 Å². The summed E-state index contributed by atoms with van der Waals surface area (Å²) in [6.07, 6.45) is -0.120. The molecule has 1 fully saturated rings. The Balaban J connectivity index is 1.43. The van der Waals surface area contributed by atoms with Crippen LogP contribution in [0.3, 0.4) is 0 Å². The van der Waals surface area contributed by atoms with E-state index in [9.17, 15) is 14.4 Å². The highest BCUT2D eigenvalue weighted by Crippen LogP contribution is 2.34. The zero-order valence-electron chi connectivity index (χ0n) is 17.9. The highest BCUT2D eigenvalue weighted by molar-refractivity contribution is 6.02. The maximum Gasteiger partial charge on any atom is 0.312 e. The van der Waals surface area contributed by atoms with E-state index in [2.05, 4.69) is 0 Å². The largest absolute Gasteiger partial charge is 0.495 e. The zero-order chi connectivity index (χ0) is 22.1. The summed E-state index contributed by atoms with van der Waals surface area (Å²) in [5.74, 6) is -1.03. The van der Waals surface area contributed by atoms with E-state index in [1.807, 2.05) is 43.3 Å². The minimum Gasteiger partial charge on any atom is -0.495 e. The Morgan fingerprint density at radius 2 is 1.71 bits per heavy atom. The maximum absolute atomic E-state index is 13.1. The SMILES string of the molecule is COc1ccccc1N1C[C@H](C(=O)O[C@H](C)C(=O)N2c3ccccc3C[C@H]2C)CC1=O. The van der Waals surface area contributed by atoms with Crippen LogP contribution in [-0.2, 0) is 25.5 Å². The van der Waals surface area contributed by atoms with E-state index in [4.69, 9.17) is 9.47 Å². The van der Waals surface area contributed by atoms with Crippen molar-refractivity contribution < 1.29 is 23.9 Å². The normalized spacial score (nSPS) is 21.1. The first kappa shape index (κ1) is 20.9. The molecule has 0 aromatic heterocycles. The molecule has 0 unspecified atom stereocenters. The zero-order valence-corrected chi connectivity index (χ0v) is 17.9. The van der Waals surface area contributed by atoms with Crippen molar-refractivity contribution in [2.45, 2.75) is 38.8 Å². The first-order valence-corrected chi connectivity index (χ1v) is 10.5. The van der Waals surface area contributed by atoms with Crippen molar-refractivity contribution >= 4 is 29.2 Å². The number of hydrogen-bond donors (Lipinski definition) is 0. The average Bonchev–Trinajstić information content (AvgIpc) is 3.32. The van der Waals surface area contributed by atoms with Crippen molar-refractivity contribution in [1.82, 2.24) is 0 Å². The number of nitrogens with zero attached hydrogens (tertiary/aromatic N) is 2. The third kappa shape index (κ3) is 3.87. The maximum atomic E-state index is 13.1. The minimum absolute atomic E-state index is 0.000136. The molecule has 2 aliphatic heterocycles. The second-order valence-electron chi connectivity index (χ2n) is 8.05. The number of carbonyl (C=O) groups excluding carboxylic acids is 3. The standard InChI is InChI=1S/C24H26N2O5/c1-15-12-17-8-4-5-9-19(17)26(15)23(28)16(2)31-24(29)18-13-22(27)25(14-18)20-10-6-7-11-21(20)30-3/h4-11,15-16,18H,12-14H2,1-3H3/t15-,16-,18-/m1/s1. The summed E-state index contributed by atoms with van der Waals surface area (Å²) in [7, 11) is 1.54. The van der Waals surface area contributed by atoms with Gasteiger partial charge in [-0.15, -0.1) is 0 Å². The molecule has 0 saturated carbocycles. The number of para-hydroxylation sites is 3. The Labute approximate surface area is 181 Å². The highest BCUT2D eigenvalue weighted by atomic mass is 16.5. The lowest BCUT2D eigenvalue weighted by atomic mass is 10.1. The summed E-state index contributed by atoms with van der Waals surface area (Å²) >= 11 is 0. The molecule has 7 heteroatoms. The first-order chi connectivity index (χ1) is 14.9. The van der Waals surface area contributed by atoms with Crippen LogP contribution in [0, 0.1) is 5.92 Å². The monoisotopic (exact) mass is 422 g/mol. The number of esters is 1. The van der Waals surface area contributed by atoms with Gasteiger partial charge in [0.15, 0.2) is 6.10 Å². The van der Waals surface area contributed by atoms with Gasteiger partial charge in [-0.3, -0.25) is 14.4 Å². The molecule has 2 aromatic rings. The molecule has 7 nitrogen and oxygen atoms in total. The number of rotatable bonds is 5. The van der Waals surface area contributed by atoms with E-state index >= 15 is 0 Å². The molecular weight excluding hydrogens is 396 g/mol. The van der Waals surface area contributed by atoms with Crippen LogP contribution in [0.1, 0.15) is 25.8 Å². The average molecular weight is 422 g/mol. The number of hydrogen-bond acceptors (Lipinski definition) is 5. The van der Waals surface area contributed by atoms with Gasteiger partial charge in [0.2, 0.25) is 5.91 Å². The van der Waals surface area contributed by atoms with Crippen molar-refractivity contribution in [1.29, 1.82) is 0 Å². The predicted octanol–water partition coefficient (Wildman–Crippen LogP) is 2.96. The summed E-state index contributed by atoms with van der Waals surface area (Å²) in [6, 6.07) is 14.9. The molecule has 3 atom stereocenters. The van der Waals surface area contributed by atoms with E-state index in [1.54, 1.807) is 24.0 Å². The Hall–Kier alpha value is -3.35. The third-order valence-electron chi connectivity index (χ3n) is 5.92. The fraction of sp³-hybridized carbons (Fsp3) is 0.375. The van der Waals surface area contributed by atoms with Gasteiger partial charge in [-0.05, 0) is 44.0 Å². The minimum atomic E-state index is -0.934. The molecule has 1 saturated heterocycles. The second-order valence-corrected chi connectivity index (χ2v) is 8.05. The Bertz CT molecular complexity index is 1020. The molecule has 0 radical (unpaired) electrons. The first-order valence-electron chi connectivity index (χ1n) is 10.5. The molecule has 0 N–H and O–H groups in total. The lowest BCUT2D eigenvalue weighted by Gasteiger charge is -2.26. The van der Waals surface area contributed by atoms with E-state index in [-0.39, 0.29) is 30.8 Å². The van der Waals surface area contributed by atoms with Crippen LogP contribution < -0.4 is 14.5 Å². The lowest BCUT2D eigenvalue weighted by Crippen LogP contribution is -2.43. The molecule has 2 amide bonds. The molecule has 2 aromatic carbocycles. The summed E-state index contributed by atoms with van der Waals surface area (Å²) in [4.78, 5) is 41.6. The molecule has 0 bridgehead atoms. The Kier molecular flexibility index (Phi) is 5.67. The molecule has 0 spiro atoms. The number of amides is 2. The van der Waals surface area contributed by atoms with Crippen LogP contribution >= 0.6 is 0 Å². The lowest BCUT2D eigenvalue weighted by molar-refractivity contribution is -0.157. The van der Waals surface area contributed by atoms with E-state index in [1.165, 1.54) is 12.0 Å². The molecular formula is C24H26N2O5. The van der Waals surface area contributed by atoms with Crippen molar-refractivity contribution in [3.63, 3.8) is 0 Å². The Morgan fingerprint density at radius 3 is 2.45 bits per heavy atom. The molecule has 2 aliphatic rings. The van der Waals surface area contributed by atoms with Gasteiger partial charge in [-0.1, -0.05) is 30.3 Å².